The van der Waals surface area contributed by atoms with E-state index < -0.39 is 11.9 Å². The number of hydrogen-bond donors (Lipinski definition) is 1. The van der Waals surface area contributed by atoms with Gasteiger partial charge >= 0.3 is 5.97 Å². The van der Waals surface area contributed by atoms with E-state index in [2.05, 4.69) is 15.4 Å². The number of anilines is 1. The molecule has 0 aliphatic carbocycles. The Bertz CT molecular complexity index is 1290. The predicted octanol–water partition coefficient (Wildman–Crippen LogP) is 1.86. The third kappa shape index (κ3) is 3.57. The van der Waals surface area contributed by atoms with Crippen LogP contribution in [0.2, 0.25) is 0 Å². The number of esters is 1. The zero-order valence-electron chi connectivity index (χ0n) is 15.5. The molecule has 0 aliphatic heterocycles. The molecule has 4 aromatic rings. The van der Waals surface area contributed by atoms with Crippen LogP contribution in [0.4, 0.5) is 5.69 Å². The van der Waals surface area contributed by atoms with Gasteiger partial charge in [0.05, 0.1) is 35.6 Å². The number of hydrogen-bond acceptors (Lipinski definition) is 6. The lowest BCUT2D eigenvalue weighted by Gasteiger charge is -2.08. The highest BCUT2D eigenvalue weighted by molar-refractivity contribution is 5.98. The number of aromatic nitrogens is 4. The molecule has 0 spiro atoms. The topological polar surface area (TPSA) is 108 Å². The molecule has 4 rings (SSSR count). The number of ether oxygens (including phenoxy) is 1. The highest BCUT2D eigenvalue weighted by Crippen LogP contribution is 2.17. The molecule has 3 aromatic heterocycles. The quantitative estimate of drug-likeness (QED) is 0.520. The monoisotopic (exact) mass is 391 g/mol. The third-order valence-corrected chi connectivity index (χ3v) is 4.35. The second-order valence-electron chi connectivity index (χ2n) is 6.27. The fourth-order valence-corrected chi connectivity index (χ4v) is 3.00. The molecule has 9 nitrogen and oxygen atoms in total. The SMILES string of the molecule is CCOC(=O)c1cnn2ccc(NC(=O)Cn3cnc4ccccc4c3=O)cc12. The van der Waals surface area contributed by atoms with Crippen LogP contribution >= 0.6 is 0 Å². The van der Waals surface area contributed by atoms with Gasteiger partial charge in [-0.3, -0.25) is 14.2 Å². The first-order chi connectivity index (χ1) is 14.1. The maximum absolute atomic E-state index is 12.5. The summed E-state index contributed by atoms with van der Waals surface area (Å²) in [6.07, 6.45) is 4.39. The van der Waals surface area contributed by atoms with E-state index in [9.17, 15) is 14.4 Å². The largest absolute Gasteiger partial charge is 0.462 e. The van der Waals surface area contributed by atoms with Crippen molar-refractivity contribution in [2.45, 2.75) is 13.5 Å². The van der Waals surface area contributed by atoms with E-state index in [1.807, 2.05) is 0 Å². The molecule has 0 aliphatic rings. The van der Waals surface area contributed by atoms with Crippen molar-refractivity contribution in [3.05, 3.63) is 71.0 Å². The second-order valence-corrected chi connectivity index (χ2v) is 6.27. The molecule has 0 atom stereocenters. The normalized spacial score (nSPS) is 10.9. The molecule has 146 valence electrons. The van der Waals surface area contributed by atoms with E-state index >= 15 is 0 Å². The number of fused-ring (bicyclic) bond motifs is 2. The molecule has 0 saturated carbocycles. The summed E-state index contributed by atoms with van der Waals surface area (Å²) in [5.41, 5.74) is 1.56. The van der Waals surface area contributed by atoms with Crippen molar-refractivity contribution in [2.24, 2.45) is 0 Å². The number of carbonyl (C=O) groups is 2. The lowest BCUT2D eigenvalue weighted by atomic mass is 10.2. The van der Waals surface area contributed by atoms with E-state index in [1.165, 1.54) is 21.6 Å². The fourth-order valence-electron chi connectivity index (χ4n) is 3.00. The standard InChI is InChI=1S/C20H17N5O4/c1-2-29-20(28)15-10-22-25-8-7-13(9-17(15)25)23-18(26)11-24-12-21-16-6-4-3-5-14(16)19(24)27/h3-10,12H,2,11H2,1H3,(H,23,26). The summed E-state index contributed by atoms with van der Waals surface area (Å²) >= 11 is 0. The second kappa shape index (κ2) is 7.55. The number of para-hydroxylation sites is 1. The van der Waals surface area contributed by atoms with E-state index in [-0.39, 0.29) is 18.7 Å². The summed E-state index contributed by atoms with van der Waals surface area (Å²) in [4.78, 5) is 41.2. The molecule has 29 heavy (non-hydrogen) atoms. The summed E-state index contributed by atoms with van der Waals surface area (Å²) < 4.78 is 7.78. The van der Waals surface area contributed by atoms with Crippen LogP contribution in [0.15, 0.2) is 59.9 Å². The number of carbonyl (C=O) groups excluding carboxylic acids is 2. The number of benzene rings is 1. The van der Waals surface area contributed by atoms with Crippen molar-refractivity contribution < 1.29 is 14.3 Å². The van der Waals surface area contributed by atoms with Crippen LogP contribution in [0.1, 0.15) is 17.3 Å². The van der Waals surface area contributed by atoms with Crippen molar-refractivity contribution in [1.82, 2.24) is 19.2 Å². The van der Waals surface area contributed by atoms with Crippen LogP contribution in [0.5, 0.6) is 0 Å². The van der Waals surface area contributed by atoms with Gasteiger partial charge in [-0.15, -0.1) is 0 Å². The molecule has 0 fully saturated rings. The molecular weight excluding hydrogens is 374 g/mol. The van der Waals surface area contributed by atoms with Gasteiger partial charge in [0.2, 0.25) is 5.91 Å². The Kier molecular flexibility index (Phi) is 4.78. The van der Waals surface area contributed by atoms with Crippen molar-refractivity contribution in [2.75, 3.05) is 11.9 Å². The minimum atomic E-state index is -0.486. The van der Waals surface area contributed by atoms with Crippen LogP contribution in [-0.2, 0) is 16.1 Å². The van der Waals surface area contributed by atoms with Crippen molar-refractivity contribution in [3.63, 3.8) is 0 Å². The first kappa shape index (κ1) is 18.4. The Hall–Kier alpha value is -4.01. The Labute approximate surface area is 164 Å². The summed E-state index contributed by atoms with van der Waals surface area (Å²) in [5, 5.41) is 7.27. The van der Waals surface area contributed by atoms with Gasteiger partial charge in [0.15, 0.2) is 0 Å². The predicted molar refractivity (Wildman–Crippen MR) is 106 cm³/mol. The van der Waals surface area contributed by atoms with Gasteiger partial charge in [0.25, 0.3) is 5.56 Å². The molecule has 0 radical (unpaired) electrons. The molecule has 9 heteroatoms. The van der Waals surface area contributed by atoms with E-state index in [0.717, 1.165) is 0 Å². The van der Waals surface area contributed by atoms with Gasteiger partial charge in [0, 0.05) is 11.9 Å². The van der Waals surface area contributed by atoms with Gasteiger partial charge < -0.3 is 10.1 Å². The third-order valence-electron chi connectivity index (χ3n) is 4.35. The molecule has 0 saturated heterocycles. The average Bonchev–Trinajstić information content (AvgIpc) is 3.14. The highest BCUT2D eigenvalue weighted by atomic mass is 16.5. The molecule has 0 unspecified atom stereocenters. The van der Waals surface area contributed by atoms with Crippen LogP contribution < -0.4 is 10.9 Å². The summed E-state index contributed by atoms with van der Waals surface area (Å²) in [6, 6.07) is 10.2. The van der Waals surface area contributed by atoms with Crippen LogP contribution in [-0.4, -0.2) is 37.6 Å². The maximum atomic E-state index is 12.5. The first-order valence-electron chi connectivity index (χ1n) is 8.95. The van der Waals surface area contributed by atoms with Crippen LogP contribution in [0.3, 0.4) is 0 Å². The van der Waals surface area contributed by atoms with Gasteiger partial charge in [-0.25, -0.2) is 14.3 Å². The summed E-state index contributed by atoms with van der Waals surface area (Å²) in [6.45, 7) is 1.78. The number of rotatable bonds is 5. The van der Waals surface area contributed by atoms with E-state index in [4.69, 9.17) is 4.74 Å². The van der Waals surface area contributed by atoms with Crippen molar-refractivity contribution in [3.8, 4) is 0 Å². The van der Waals surface area contributed by atoms with Gasteiger partial charge in [0.1, 0.15) is 12.1 Å². The zero-order chi connectivity index (χ0) is 20.4. The Balaban J connectivity index is 1.56. The lowest BCUT2D eigenvalue weighted by molar-refractivity contribution is -0.116. The van der Waals surface area contributed by atoms with Crippen LogP contribution in [0.25, 0.3) is 16.4 Å². The van der Waals surface area contributed by atoms with Gasteiger partial charge in [-0.1, -0.05) is 12.1 Å². The molecule has 3 heterocycles. The first-order valence-corrected chi connectivity index (χ1v) is 8.95. The Morgan fingerprint density at radius 1 is 1.21 bits per heavy atom. The zero-order valence-corrected chi connectivity index (χ0v) is 15.5. The summed E-state index contributed by atoms with van der Waals surface area (Å²) in [5.74, 6) is -0.884. The molecule has 0 bridgehead atoms. The Morgan fingerprint density at radius 3 is 2.86 bits per heavy atom. The minimum Gasteiger partial charge on any atom is -0.462 e. The maximum Gasteiger partial charge on any atom is 0.341 e. The lowest BCUT2D eigenvalue weighted by Crippen LogP contribution is -2.27. The smallest absolute Gasteiger partial charge is 0.341 e. The van der Waals surface area contributed by atoms with Crippen molar-refractivity contribution >= 4 is 34.0 Å². The summed E-state index contributed by atoms with van der Waals surface area (Å²) in [7, 11) is 0. The molecular formula is C20H17N5O4. The fraction of sp³-hybridized carbons (Fsp3) is 0.150. The number of nitrogens with one attached hydrogen (secondary N) is 1. The number of nitrogens with zero attached hydrogens (tertiary/aromatic N) is 4. The highest BCUT2D eigenvalue weighted by Gasteiger charge is 2.15. The number of pyridine rings is 1. The minimum absolute atomic E-state index is 0.189. The van der Waals surface area contributed by atoms with Crippen LogP contribution in [0, 0.1) is 0 Å². The molecule has 1 amide bonds. The van der Waals surface area contributed by atoms with E-state index in [1.54, 1.807) is 49.5 Å². The van der Waals surface area contributed by atoms with Gasteiger partial charge in [-0.2, -0.15) is 5.10 Å². The molecule has 1 N–H and O–H groups in total. The van der Waals surface area contributed by atoms with E-state index in [0.29, 0.717) is 27.7 Å². The molecule has 1 aromatic carbocycles. The Morgan fingerprint density at radius 2 is 2.03 bits per heavy atom. The average molecular weight is 391 g/mol. The van der Waals surface area contributed by atoms with Gasteiger partial charge in [-0.05, 0) is 31.2 Å². The number of amides is 1. The van der Waals surface area contributed by atoms with Crippen molar-refractivity contribution in [1.29, 1.82) is 0 Å².